The van der Waals surface area contributed by atoms with Crippen molar-refractivity contribution in [2.75, 3.05) is 19.5 Å². The third-order valence-corrected chi connectivity index (χ3v) is 3.11. The zero-order valence-electron chi connectivity index (χ0n) is 10.3. The SMILES string of the molecule is COc1ccc(OC)c(NC(=O)[C@H]2C[C@H]2C)c1. The summed E-state index contributed by atoms with van der Waals surface area (Å²) in [5.41, 5.74) is 0.663. The van der Waals surface area contributed by atoms with Crippen LogP contribution < -0.4 is 14.8 Å². The molecule has 17 heavy (non-hydrogen) atoms. The van der Waals surface area contributed by atoms with Crippen molar-refractivity contribution in [3.05, 3.63) is 18.2 Å². The molecule has 1 aromatic carbocycles. The summed E-state index contributed by atoms with van der Waals surface area (Å²) < 4.78 is 10.3. The van der Waals surface area contributed by atoms with Crippen molar-refractivity contribution < 1.29 is 14.3 Å². The lowest BCUT2D eigenvalue weighted by Gasteiger charge is -2.11. The molecular weight excluding hydrogens is 218 g/mol. The van der Waals surface area contributed by atoms with Gasteiger partial charge in [0.05, 0.1) is 19.9 Å². The molecule has 0 radical (unpaired) electrons. The zero-order chi connectivity index (χ0) is 12.4. The van der Waals surface area contributed by atoms with Crippen molar-refractivity contribution in [3.8, 4) is 11.5 Å². The standard InChI is InChI=1S/C13H17NO3/c1-8-6-10(8)13(15)14-11-7-9(16-2)4-5-12(11)17-3/h4-5,7-8,10H,6H2,1-3H3,(H,14,15)/t8-,10+/m1/s1. The van der Waals surface area contributed by atoms with Gasteiger partial charge in [0.15, 0.2) is 0 Å². The van der Waals surface area contributed by atoms with Gasteiger partial charge < -0.3 is 14.8 Å². The lowest BCUT2D eigenvalue weighted by molar-refractivity contribution is -0.117. The maximum absolute atomic E-state index is 11.8. The van der Waals surface area contributed by atoms with Crippen molar-refractivity contribution >= 4 is 11.6 Å². The van der Waals surface area contributed by atoms with E-state index in [0.717, 1.165) is 6.42 Å². The molecule has 0 unspecified atom stereocenters. The van der Waals surface area contributed by atoms with Crippen LogP contribution in [-0.2, 0) is 4.79 Å². The molecule has 1 saturated carbocycles. The van der Waals surface area contributed by atoms with Gasteiger partial charge in [0.2, 0.25) is 5.91 Å². The fourth-order valence-electron chi connectivity index (χ4n) is 1.82. The lowest BCUT2D eigenvalue weighted by Crippen LogP contribution is -2.15. The minimum absolute atomic E-state index is 0.0593. The van der Waals surface area contributed by atoms with E-state index in [0.29, 0.717) is 23.1 Å². The summed E-state index contributed by atoms with van der Waals surface area (Å²) in [4.78, 5) is 11.8. The number of methoxy groups -OCH3 is 2. The summed E-state index contributed by atoms with van der Waals surface area (Å²) in [5.74, 6) is 2.04. The Morgan fingerprint density at radius 3 is 2.59 bits per heavy atom. The summed E-state index contributed by atoms with van der Waals surface area (Å²) in [6.45, 7) is 2.08. The average molecular weight is 235 g/mol. The van der Waals surface area contributed by atoms with Gasteiger partial charge in [0, 0.05) is 12.0 Å². The van der Waals surface area contributed by atoms with Crippen LogP contribution in [0.1, 0.15) is 13.3 Å². The van der Waals surface area contributed by atoms with Gasteiger partial charge in [-0.3, -0.25) is 4.79 Å². The lowest BCUT2D eigenvalue weighted by atomic mass is 10.2. The van der Waals surface area contributed by atoms with Gasteiger partial charge in [-0.1, -0.05) is 6.92 Å². The number of carbonyl (C=O) groups excluding carboxylic acids is 1. The molecule has 1 amide bonds. The number of anilines is 1. The van der Waals surface area contributed by atoms with E-state index < -0.39 is 0 Å². The molecule has 1 aliphatic carbocycles. The van der Waals surface area contributed by atoms with Crippen molar-refractivity contribution in [1.82, 2.24) is 0 Å². The van der Waals surface area contributed by atoms with E-state index >= 15 is 0 Å². The van der Waals surface area contributed by atoms with Gasteiger partial charge in [0.1, 0.15) is 11.5 Å². The van der Waals surface area contributed by atoms with Crippen molar-refractivity contribution in [2.45, 2.75) is 13.3 Å². The van der Waals surface area contributed by atoms with Crippen LogP contribution in [0.4, 0.5) is 5.69 Å². The quantitative estimate of drug-likeness (QED) is 0.871. The molecule has 2 rings (SSSR count). The maximum Gasteiger partial charge on any atom is 0.227 e. The van der Waals surface area contributed by atoms with E-state index in [9.17, 15) is 4.79 Å². The van der Waals surface area contributed by atoms with E-state index in [1.165, 1.54) is 0 Å². The van der Waals surface area contributed by atoms with E-state index in [1.807, 2.05) is 0 Å². The molecule has 1 aliphatic rings. The highest BCUT2D eigenvalue weighted by Crippen LogP contribution is 2.39. The Morgan fingerprint density at radius 1 is 1.35 bits per heavy atom. The first-order chi connectivity index (χ1) is 8.15. The second-order valence-electron chi connectivity index (χ2n) is 4.37. The molecule has 4 nitrogen and oxygen atoms in total. The number of ether oxygens (including phenoxy) is 2. The number of amides is 1. The minimum atomic E-state index is 0.0593. The van der Waals surface area contributed by atoms with Crippen molar-refractivity contribution in [2.24, 2.45) is 11.8 Å². The van der Waals surface area contributed by atoms with Gasteiger partial charge >= 0.3 is 0 Å². The first-order valence-electron chi connectivity index (χ1n) is 5.68. The molecule has 0 aliphatic heterocycles. The van der Waals surface area contributed by atoms with Gasteiger partial charge in [-0.2, -0.15) is 0 Å². The Bertz CT molecular complexity index is 431. The highest BCUT2D eigenvalue weighted by atomic mass is 16.5. The van der Waals surface area contributed by atoms with Crippen LogP contribution in [0.3, 0.4) is 0 Å². The Hall–Kier alpha value is -1.71. The van der Waals surface area contributed by atoms with Gasteiger partial charge in [-0.25, -0.2) is 0 Å². The summed E-state index contributed by atoms with van der Waals surface area (Å²) in [6, 6.07) is 5.35. The van der Waals surface area contributed by atoms with Gasteiger partial charge in [0.25, 0.3) is 0 Å². The minimum Gasteiger partial charge on any atom is -0.497 e. The van der Waals surface area contributed by atoms with Crippen LogP contribution in [0, 0.1) is 11.8 Å². The zero-order valence-corrected chi connectivity index (χ0v) is 10.3. The molecule has 2 atom stereocenters. The molecule has 0 heterocycles. The number of rotatable bonds is 4. The number of nitrogens with one attached hydrogen (secondary N) is 1. The average Bonchev–Trinajstić information content (AvgIpc) is 3.06. The van der Waals surface area contributed by atoms with Crippen molar-refractivity contribution in [1.29, 1.82) is 0 Å². The molecule has 0 spiro atoms. The first-order valence-corrected chi connectivity index (χ1v) is 5.68. The third kappa shape index (κ3) is 2.52. The van der Waals surface area contributed by atoms with E-state index in [2.05, 4.69) is 12.2 Å². The monoisotopic (exact) mass is 235 g/mol. The Balaban J connectivity index is 2.15. The first kappa shape index (κ1) is 11.8. The smallest absolute Gasteiger partial charge is 0.227 e. The fraction of sp³-hybridized carbons (Fsp3) is 0.462. The summed E-state index contributed by atoms with van der Waals surface area (Å²) in [6.07, 6.45) is 0.970. The van der Waals surface area contributed by atoms with E-state index in [4.69, 9.17) is 9.47 Å². The van der Waals surface area contributed by atoms with Gasteiger partial charge in [-0.15, -0.1) is 0 Å². The Labute approximate surface area is 101 Å². The Morgan fingerprint density at radius 2 is 2.06 bits per heavy atom. The third-order valence-electron chi connectivity index (χ3n) is 3.11. The highest BCUT2D eigenvalue weighted by molar-refractivity contribution is 5.95. The van der Waals surface area contributed by atoms with E-state index in [-0.39, 0.29) is 11.8 Å². The largest absolute Gasteiger partial charge is 0.497 e. The normalized spacial score (nSPS) is 21.8. The number of carbonyl (C=O) groups is 1. The number of hydrogen-bond acceptors (Lipinski definition) is 3. The molecule has 1 fully saturated rings. The van der Waals surface area contributed by atoms with E-state index in [1.54, 1.807) is 32.4 Å². The molecule has 4 heteroatoms. The highest BCUT2D eigenvalue weighted by Gasteiger charge is 2.39. The maximum atomic E-state index is 11.8. The summed E-state index contributed by atoms with van der Waals surface area (Å²) >= 11 is 0. The topological polar surface area (TPSA) is 47.6 Å². The molecular formula is C13H17NO3. The second kappa shape index (κ2) is 4.65. The summed E-state index contributed by atoms with van der Waals surface area (Å²) in [7, 11) is 3.17. The second-order valence-corrected chi connectivity index (χ2v) is 4.37. The van der Waals surface area contributed by atoms with Crippen LogP contribution in [0.25, 0.3) is 0 Å². The predicted octanol–water partition coefficient (Wildman–Crippen LogP) is 2.30. The van der Waals surface area contributed by atoms with Crippen LogP contribution in [-0.4, -0.2) is 20.1 Å². The van der Waals surface area contributed by atoms with Crippen LogP contribution in [0.15, 0.2) is 18.2 Å². The van der Waals surface area contributed by atoms with Crippen LogP contribution >= 0.6 is 0 Å². The Kier molecular flexibility index (Phi) is 3.22. The molecule has 92 valence electrons. The summed E-state index contributed by atoms with van der Waals surface area (Å²) in [5, 5.41) is 2.88. The molecule has 1 aromatic rings. The number of hydrogen-bond donors (Lipinski definition) is 1. The fourth-order valence-corrected chi connectivity index (χ4v) is 1.82. The predicted molar refractivity (Wildman–Crippen MR) is 65.4 cm³/mol. The van der Waals surface area contributed by atoms with Crippen LogP contribution in [0.5, 0.6) is 11.5 Å². The van der Waals surface area contributed by atoms with Crippen LogP contribution in [0.2, 0.25) is 0 Å². The number of benzene rings is 1. The molecule has 0 aromatic heterocycles. The molecule has 0 bridgehead atoms. The molecule has 1 N–H and O–H groups in total. The molecule has 0 saturated heterocycles. The van der Waals surface area contributed by atoms with Crippen molar-refractivity contribution in [3.63, 3.8) is 0 Å². The van der Waals surface area contributed by atoms with Gasteiger partial charge in [-0.05, 0) is 24.5 Å².